The molecule has 1 N–H and O–H groups in total. The summed E-state index contributed by atoms with van der Waals surface area (Å²) in [5, 5.41) is 4.27. The molecule has 0 atom stereocenters. The fourth-order valence-electron chi connectivity index (χ4n) is 3.45. The number of carbonyl (C=O) groups excluding carboxylic acids is 2. The maximum Gasteiger partial charge on any atom is 0.337 e. The van der Waals surface area contributed by atoms with E-state index in [2.05, 4.69) is 10.2 Å². The second-order valence-electron chi connectivity index (χ2n) is 6.61. The maximum atomic E-state index is 13.0. The zero-order valence-electron chi connectivity index (χ0n) is 15.3. The summed E-state index contributed by atoms with van der Waals surface area (Å²) in [7, 11) is 1.34. The SMILES string of the molecule is COC(=O)c1ccc(N2CCCC2)c(NC(=O)c2sc3ccccc3c2Cl)c1. The maximum absolute atomic E-state index is 13.0. The molecule has 0 aliphatic carbocycles. The van der Waals surface area contributed by atoms with Crippen molar-refractivity contribution < 1.29 is 14.3 Å². The van der Waals surface area contributed by atoms with Crippen LogP contribution in [-0.2, 0) is 4.74 Å². The number of fused-ring (bicyclic) bond motifs is 1. The van der Waals surface area contributed by atoms with E-state index in [9.17, 15) is 9.59 Å². The molecule has 1 aromatic heterocycles. The molecule has 7 heteroatoms. The van der Waals surface area contributed by atoms with Crippen molar-refractivity contribution in [1.29, 1.82) is 0 Å². The molecule has 1 aliphatic heterocycles. The molecule has 0 unspecified atom stereocenters. The fraction of sp³-hybridized carbons (Fsp3) is 0.238. The quantitative estimate of drug-likeness (QED) is 0.596. The van der Waals surface area contributed by atoms with Crippen molar-refractivity contribution in [3.05, 3.63) is 57.9 Å². The minimum atomic E-state index is -0.441. The Morgan fingerprint density at radius 2 is 1.89 bits per heavy atom. The molecule has 0 spiro atoms. The number of ether oxygens (including phenoxy) is 1. The van der Waals surface area contributed by atoms with Crippen molar-refractivity contribution in [2.75, 3.05) is 30.4 Å². The van der Waals surface area contributed by atoms with Gasteiger partial charge in [0.25, 0.3) is 5.91 Å². The van der Waals surface area contributed by atoms with Crippen LogP contribution in [0.2, 0.25) is 5.02 Å². The van der Waals surface area contributed by atoms with Gasteiger partial charge in [0.2, 0.25) is 0 Å². The van der Waals surface area contributed by atoms with E-state index in [4.69, 9.17) is 16.3 Å². The predicted molar refractivity (Wildman–Crippen MR) is 114 cm³/mol. The van der Waals surface area contributed by atoms with Gasteiger partial charge in [0.05, 0.1) is 29.1 Å². The summed E-state index contributed by atoms with van der Waals surface area (Å²) < 4.78 is 5.78. The van der Waals surface area contributed by atoms with Crippen LogP contribution in [0, 0.1) is 0 Å². The number of anilines is 2. The van der Waals surface area contributed by atoms with Crippen LogP contribution < -0.4 is 10.2 Å². The summed E-state index contributed by atoms with van der Waals surface area (Å²) in [6.07, 6.45) is 2.21. The number of nitrogens with zero attached hydrogens (tertiary/aromatic N) is 1. The second kappa shape index (κ2) is 7.81. The van der Waals surface area contributed by atoms with Gasteiger partial charge in [0.1, 0.15) is 4.88 Å². The summed E-state index contributed by atoms with van der Waals surface area (Å²) >= 11 is 7.81. The topological polar surface area (TPSA) is 58.6 Å². The van der Waals surface area contributed by atoms with Crippen molar-refractivity contribution in [2.24, 2.45) is 0 Å². The molecular weight excluding hydrogens is 396 g/mol. The van der Waals surface area contributed by atoms with Crippen LogP contribution in [0.3, 0.4) is 0 Å². The van der Waals surface area contributed by atoms with E-state index in [1.54, 1.807) is 12.1 Å². The number of hydrogen-bond donors (Lipinski definition) is 1. The van der Waals surface area contributed by atoms with Crippen LogP contribution in [0.5, 0.6) is 0 Å². The van der Waals surface area contributed by atoms with Crippen molar-refractivity contribution >= 4 is 56.3 Å². The average Bonchev–Trinajstić information content (AvgIpc) is 3.36. The molecule has 144 valence electrons. The number of nitrogens with one attached hydrogen (secondary N) is 1. The monoisotopic (exact) mass is 414 g/mol. The van der Waals surface area contributed by atoms with Gasteiger partial charge in [-0.05, 0) is 37.1 Å². The Kier molecular flexibility index (Phi) is 5.24. The van der Waals surface area contributed by atoms with Crippen LogP contribution in [-0.4, -0.2) is 32.1 Å². The van der Waals surface area contributed by atoms with Crippen molar-refractivity contribution in [2.45, 2.75) is 12.8 Å². The number of rotatable bonds is 4. The highest BCUT2D eigenvalue weighted by Crippen LogP contribution is 2.37. The number of esters is 1. The minimum Gasteiger partial charge on any atom is -0.465 e. The van der Waals surface area contributed by atoms with Gasteiger partial charge in [0, 0.05) is 23.2 Å². The average molecular weight is 415 g/mol. The van der Waals surface area contributed by atoms with Crippen molar-refractivity contribution in [3.63, 3.8) is 0 Å². The van der Waals surface area contributed by atoms with Crippen molar-refractivity contribution in [3.8, 4) is 0 Å². The van der Waals surface area contributed by atoms with Gasteiger partial charge < -0.3 is 15.0 Å². The fourth-order valence-corrected chi connectivity index (χ4v) is 4.87. The molecule has 0 radical (unpaired) electrons. The minimum absolute atomic E-state index is 0.284. The molecule has 3 aromatic rings. The highest BCUT2D eigenvalue weighted by atomic mass is 35.5. The first kappa shape index (κ1) is 18.8. The number of amides is 1. The van der Waals surface area contributed by atoms with Crippen LogP contribution in [0.4, 0.5) is 11.4 Å². The number of benzene rings is 2. The number of hydrogen-bond acceptors (Lipinski definition) is 5. The molecule has 4 rings (SSSR count). The Labute approximate surface area is 171 Å². The van der Waals surface area contributed by atoms with E-state index in [1.165, 1.54) is 18.4 Å². The zero-order chi connectivity index (χ0) is 19.7. The number of thiophene rings is 1. The van der Waals surface area contributed by atoms with E-state index in [0.717, 1.165) is 41.7 Å². The molecule has 0 bridgehead atoms. The summed E-state index contributed by atoms with van der Waals surface area (Å²) in [5.74, 6) is -0.725. The van der Waals surface area contributed by atoms with Gasteiger partial charge in [-0.25, -0.2) is 4.79 Å². The van der Waals surface area contributed by atoms with Gasteiger partial charge in [-0.15, -0.1) is 11.3 Å². The highest BCUT2D eigenvalue weighted by Gasteiger charge is 2.22. The molecule has 2 aromatic carbocycles. The van der Waals surface area contributed by atoms with Crippen molar-refractivity contribution in [1.82, 2.24) is 0 Å². The van der Waals surface area contributed by atoms with E-state index < -0.39 is 5.97 Å². The second-order valence-corrected chi connectivity index (χ2v) is 8.04. The Balaban J connectivity index is 1.71. The van der Waals surface area contributed by atoms with Gasteiger partial charge in [0.15, 0.2) is 0 Å². The normalized spacial score (nSPS) is 13.7. The van der Waals surface area contributed by atoms with E-state index >= 15 is 0 Å². The predicted octanol–water partition coefficient (Wildman–Crippen LogP) is 5.19. The Morgan fingerprint density at radius 1 is 1.14 bits per heavy atom. The molecule has 5 nitrogen and oxygen atoms in total. The first-order valence-corrected chi connectivity index (χ1v) is 10.2. The van der Waals surface area contributed by atoms with E-state index in [-0.39, 0.29) is 5.91 Å². The van der Waals surface area contributed by atoms with E-state index in [0.29, 0.717) is 21.2 Å². The first-order chi connectivity index (χ1) is 13.6. The lowest BCUT2D eigenvalue weighted by Gasteiger charge is -2.22. The third-order valence-corrected chi connectivity index (χ3v) is 6.53. The summed E-state index contributed by atoms with van der Waals surface area (Å²) in [5.41, 5.74) is 1.88. The zero-order valence-corrected chi connectivity index (χ0v) is 16.9. The Morgan fingerprint density at radius 3 is 2.61 bits per heavy atom. The molecule has 1 fully saturated rings. The summed E-state index contributed by atoms with van der Waals surface area (Å²) in [6, 6.07) is 12.9. The number of carbonyl (C=O) groups is 2. The highest BCUT2D eigenvalue weighted by molar-refractivity contribution is 7.21. The van der Waals surface area contributed by atoms with Crippen LogP contribution in [0.25, 0.3) is 10.1 Å². The first-order valence-electron chi connectivity index (χ1n) is 9.04. The van der Waals surface area contributed by atoms with Crippen LogP contribution >= 0.6 is 22.9 Å². The van der Waals surface area contributed by atoms with Crippen LogP contribution in [0.1, 0.15) is 32.9 Å². The number of methoxy groups -OCH3 is 1. The Bertz CT molecular complexity index is 1060. The molecule has 2 heterocycles. The lowest BCUT2D eigenvalue weighted by atomic mass is 10.1. The van der Waals surface area contributed by atoms with Gasteiger partial charge in [-0.3, -0.25) is 4.79 Å². The lowest BCUT2D eigenvalue weighted by Crippen LogP contribution is -2.21. The molecule has 28 heavy (non-hydrogen) atoms. The van der Waals surface area contributed by atoms with Gasteiger partial charge >= 0.3 is 5.97 Å². The van der Waals surface area contributed by atoms with Gasteiger partial charge in [-0.1, -0.05) is 29.8 Å². The van der Waals surface area contributed by atoms with Gasteiger partial charge in [-0.2, -0.15) is 0 Å². The molecule has 1 aliphatic rings. The largest absolute Gasteiger partial charge is 0.465 e. The van der Waals surface area contributed by atoms with Crippen LogP contribution in [0.15, 0.2) is 42.5 Å². The van der Waals surface area contributed by atoms with E-state index in [1.807, 2.05) is 30.3 Å². The third-order valence-electron chi connectivity index (χ3n) is 4.85. The molecule has 1 saturated heterocycles. The smallest absolute Gasteiger partial charge is 0.337 e. The Hall–Kier alpha value is -2.57. The summed E-state index contributed by atoms with van der Waals surface area (Å²) in [6.45, 7) is 1.84. The molecular formula is C21H19ClN2O3S. The summed E-state index contributed by atoms with van der Waals surface area (Å²) in [4.78, 5) is 27.6. The third kappa shape index (κ3) is 3.45. The number of halogens is 1. The lowest BCUT2D eigenvalue weighted by molar-refractivity contribution is 0.0600. The molecule has 0 saturated carbocycles. The standard InChI is InChI=1S/C21H19ClN2O3S/c1-27-21(26)13-8-9-16(24-10-4-5-11-24)15(12-13)23-20(25)19-18(22)14-6-2-3-7-17(14)28-19/h2-3,6-9,12H,4-5,10-11H2,1H3,(H,23,25). The molecule has 1 amide bonds.